The number of fused-ring (bicyclic) bond motifs is 1. The Labute approximate surface area is 203 Å². The Morgan fingerprint density at radius 1 is 1.09 bits per heavy atom. The average Bonchev–Trinajstić information content (AvgIpc) is 3.16. The van der Waals surface area contributed by atoms with E-state index in [-0.39, 0.29) is 17.0 Å². The van der Waals surface area contributed by atoms with Crippen LogP contribution in [-0.2, 0) is 6.42 Å². The van der Waals surface area contributed by atoms with Crippen LogP contribution in [0.1, 0.15) is 50.6 Å². The number of hydrazone groups is 1. The van der Waals surface area contributed by atoms with E-state index in [4.69, 9.17) is 27.6 Å². The van der Waals surface area contributed by atoms with E-state index < -0.39 is 16.7 Å². The Morgan fingerprint density at radius 3 is 2.50 bits per heavy atom. The molecule has 0 saturated heterocycles. The van der Waals surface area contributed by atoms with Crippen LogP contribution in [0.2, 0.25) is 10.0 Å². The Kier molecular flexibility index (Phi) is 6.67. The standard InChI is InChI=1S/C23H18Cl2N4O5/c1-12-20-18(27-28-22(30)13-5-8-15(9-6-13)29(32)33)3-2-4-19(20)34-21(12)23(31)26-17-10-7-14(24)11-16(17)25/h5-11H,2-4H2,1H3,(H,26,31)(H,28,30)/b27-18+. The first-order chi connectivity index (χ1) is 16.2. The summed E-state index contributed by atoms with van der Waals surface area (Å²) in [5, 5.41) is 18.5. The van der Waals surface area contributed by atoms with Gasteiger partial charge in [-0.05, 0) is 50.1 Å². The van der Waals surface area contributed by atoms with Crippen LogP contribution < -0.4 is 10.7 Å². The van der Waals surface area contributed by atoms with Gasteiger partial charge in [0.05, 0.1) is 21.3 Å². The number of carbonyl (C=O) groups excluding carboxylic acids is 2. The maximum atomic E-state index is 12.9. The SMILES string of the molecule is Cc1c(C(=O)Nc2ccc(Cl)cc2Cl)oc2c1/C(=N/NC(=O)c1ccc([N+](=O)[O-])cc1)CCC2. The van der Waals surface area contributed by atoms with Gasteiger partial charge in [-0.25, -0.2) is 5.43 Å². The highest BCUT2D eigenvalue weighted by atomic mass is 35.5. The third kappa shape index (κ3) is 4.80. The van der Waals surface area contributed by atoms with Crippen LogP contribution in [0.4, 0.5) is 11.4 Å². The van der Waals surface area contributed by atoms with E-state index in [1.54, 1.807) is 19.1 Å². The molecular formula is C23H18Cl2N4O5. The van der Waals surface area contributed by atoms with Crippen LogP contribution in [0.15, 0.2) is 52.0 Å². The van der Waals surface area contributed by atoms with E-state index in [1.165, 1.54) is 30.3 Å². The van der Waals surface area contributed by atoms with Crippen molar-refractivity contribution in [2.45, 2.75) is 26.2 Å². The number of nitrogens with zero attached hydrogens (tertiary/aromatic N) is 2. The number of nitrogens with one attached hydrogen (secondary N) is 2. The molecule has 1 heterocycles. The summed E-state index contributed by atoms with van der Waals surface area (Å²) in [6, 6.07) is 9.94. The normalized spacial score (nSPS) is 13.9. The molecule has 0 bridgehead atoms. The smallest absolute Gasteiger partial charge is 0.291 e. The van der Waals surface area contributed by atoms with Crippen LogP contribution >= 0.6 is 23.2 Å². The van der Waals surface area contributed by atoms with E-state index >= 15 is 0 Å². The second-order valence-electron chi connectivity index (χ2n) is 7.59. The Hall–Kier alpha value is -3.69. The summed E-state index contributed by atoms with van der Waals surface area (Å²) < 4.78 is 5.85. The summed E-state index contributed by atoms with van der Waals surface area (Å²) in [7, 11) is 0. The molecule has 0 unspecified atom stereocenters. The number of carbonyl (C=O) groups is 2. The third-order valence-electron chi connectivity index (χ3n) is 5.34. The van der Waals surface area contributed by atoms with Crippen LogP contribution in [0, 0.1) is 17.0 Å². The highest BCUT2D eigenvalue weighted by Crippen LogP contribution is 2.31. The molecule has 2 aromatic carbocycles. The van der Waals surface area contributed by atoms with Crippen molar-refractivity contribution in [1.29, 1.82) is 0 Å². The zero-order valence-electron chi connectivity index (χ0n) is 17.9. The van der Waals surface area contributed by atoms with Gasteiger partial charge in [0, 0.05) is 40.3 Å². The number of furan rings is 1. The first-order valence-corrected chi connectivity index (χ1v) is 11.0. The van der Waals surface area contributed by atoms with Crippen molar-refractivity contribution >= 4 is 52.1 Å². The minimum Gasteiger partial charge on any atom is -0.455 e. The molecule has 9 nitrogen and oxygen atoms in total. The van der Waals surface area contributed by atoms with Gasteiger partial charge >= 0.3 is 0 Å². The van der Waals surface area contributed by atoms with Gasteiger partial charge in [-0.1, -0.05) is 23.2 Å². The maximum Gasteiger partial charge on any atom is 0.291 e. The summed E-state index contributed by atoms with van der Waals surface area (Å²) in [6.07, 6.45) is 1.94. The van der Waals surface area contributed by atoms with Gasteiger partial charge < -0.3 is 9.73 Å². The molecule has 4 rings (SSSR count). The van der Waals surface area contributed by atoms with Crippen LogP contribution in [-0.4, -0.2) is 22.4 Å². The van der Waals surface area contributed by atoms with Crippen molar-refractivity contribution < 1.29 is 18.9 Å². The highest BCUT2D eigenvalue weighted by Gasteiger charge is 2.28. The number of anilines is 1. The quantitative estimate of drug-likeness (QED) is 0.351. The van der Waals surface area contributed by atoms with Crippen molar-refractivity contribution in [3.63, 3.8) is 0 Å². The van der Waals surface area contributed by atoms with Gasteiger partial charge in [0.1, 0.15) is 5.76 Å². The van der Waals surface area contributed by atoms with Gasteiger partial charge in [0.25, 0.3) is 17.5 Å². The summed E-state index contributed by atoms with van der Waals surface area (Å²) in [5.41, 5.74) is 4.87. The minimum atomic E-state index is -0.540. The molecule has 34 heavy (non-hydrogen) atoms. The summed E-state index contributed by atoms with van der Waals surface area (Å²) >= 11 is 12.1. The monoisotopic (exact) mass is 500 g/mol. The fourth-order valence-electron chi connectivity index (χ4n) is 3.68. The molecule has 0 spiro atoms. The number of non-ortho nitro benzene ring substituents is 1. The second-order valence-corrected chi connectivity index (χ2v) is 8.43. The predicted octanol–water partition coefficient (Wildman–Crippen LogP) is 5.53. The molecule has 3 aromatic rings. The number of halogens is 2. The highest BCUT2D eigenvalue weighted by molar-refractivity contribution is 6.36. The van der Waals surface area contributed by atoms with Crippen LogP contribution in [0.25, 0.3) is 0 Å². The Bertz CT molecular complexity index is 1330. The van der Waals surface area contributed by atoms with Gasteiger partial charge in [-0.3, -0.25) is 19.7 Å². The largest absolute Gasteiger partial charge is 0.455 e. The van der Waals surface area contributed by atoms with E-state index in [0.29, 0.717) is 51.2 Å². The molecule has 174 valence electrons. The van der Waals surface area contributed by atoms with Crippen LogP contribution in [0.3, 0.4) is 0 Å². The number of aryl methyl sites for hydroxylation is 1. The average molecular weight is 501 g/mol. The number of benzene rings is 2. The van der Waals surface area contributed by atoms with Crippen molar-refractivity contribution in [2.75, 3.05) is 5.32 Å². The topological polar surface area (TPSA) is 127 Å². The lowest BCUT2D eigenvalue weighted by molar-refractivity contribution is -0.384. The first kappa shape index (κ1) is 23.5. The van der Waals surface area contributed by atoms with E-state index in [0.717, 1.165) is 6.42 Å². The molecule has 0 saturated carbocycles. The fourth-order valence-corrected chi connectivity index (χ4v) is 4.14. The van der Waals surface area contributed by atoms with Crippen molar-refractivity contribution in [1.82, 2.24) is 5.43 Å². The summed E-state index contributed by atoms with van der Waals surface area (Å²) in [4.78, 5) is 35.5. The maximum absolute atomic E-state index is 12.9. The van der Waals surface area contributed by atoms with Crippen molar-refractivity contribution in [3.8, 4) is 0 Å². The molecule has 2 N–H and O–H groups in total. The predicted molar refractivity (Wildman–Crippen MR) is 128 cm³/mol. The lowest BCUT2D eigenvalue weighted by Crippen LogP contribution is -2.22. The molecule has 0 atom stereocenters. The zero-order chi connectivity index (χ0) is 24.4. The number of nitro benzene ring substituents is 1. The van der Waals surface area contributed by atoms with Gasteiger partial charge in [0.15, 0.2) is 5.76 Å². The van der Waals surface area contributed by atoms with E-state index in [9.17, 15) is 19.7 Å². The number of rotatable bonds is 5. The van der Waals surface area contributed by atoms with Crippen LogP contribution in [0.5, 0.6) is 0 Å². The lowest BCUT2D eigenvalue weighted by Gasteiger charge is -2.13. The Morgan fingerprint density at radius 2 is 1.82 bits per heavy atom. The molecule has 1 aliphatic rings. The first-order valence-electron chi connectivity index (χ1n) is 10.2. The molecule has 0 radical (unpaired) electrons. The lowest BCUT2D eigenvalue weighted by atomic mass is 9.93. The number of nitro groups is 1. The molecule has 1 aromatic heterocycles. The van der Waals surface area contributed by atoms with Gasteiger partial charge in [0.2, 0.25) is 0 Å². The van der Waals surface area contributed by atoms with Crippen molar-refractivity contribution in [3.05, 3.63) is 90.8 Å². The number of amides is 2. The molecular weight excluding hydrogens is 483 g/mol. The third-order valence-corrected chi connectivity index (χ3v) is 5.89. The number of hydrogen-bond acceptors (Lipinski definition) is 6. The fraction of sp³-hybridized carbons (Fsp3) is 0.174. The number of hydrogen-bond donors (Lipinski definition) is 2. The van der Waals surface area contributed by atoms with Gasteiger partial charge in [-0.2, -0.15) is 5.10 Å². The van der Waals surface area contributed by atoms with Gasteiger partial charge in [-0.15, -0.1) is 0 Å². The summed E-state index contributed by atoms with van der Waals surface area (Å²) in [6.45, 7) is 1.75. The minimum absolute atomic E-state index is 0.112. The molecule has 11 heteroatoms. The zero-order valence-corrected chi connectivity index (χ0v) is 19.4. The molecule has 2 amide bonds. The van der Waals surface area contributed by atoms with E-state index in [2.05, 4.69) is 15.8 Å². The molecule has 0 aliphatic heterocycles. The summed E-state index contributed by atoms with van der Waals surface area (Å²) in [5.74, 6) is -0.233. The second kappa shape index (κ2) is 9.66. The Balaban J connectivity index is 1.54. The molecule has 0 fully saturated rings. The van der Waals surface area contributed by atoms with Crippen molar-refractivity contribution in [2.24, 2.45) is 5.10 Å². The molecule has 1 aliphatic carbocycles. The van der Waals surface area contributed by atoms with E-state index in [1.807, 2.05) is 0 Å².